The lowest BCUT2D eigenvalue weighted by Gasteiger charge is -2.12. The van der Waals surface area contributed by atoms with E-state index in [9.17, 15) is 8.42 Å². The Morgan fingerprint density at radius 3 is 2.81 bits per heavy atom. The highest BCUT2D eigenvalue weighted by Crippen LogP contribution is 2.08. The molecule has 0 saturated carbocycles. The summed E-state index contributed by atoms with van der Waals surface area (Å²) >= 11 is 0. The SMILES string of the molecule is CCCCCC(C)NS(=O)(=O)c1cn[nH]c1. The van der Waals surface area contributed by atoms with Crippen LogP contribution in [0.15, 0.2) is 17.3 Å². The molecule has 5 nitrogen and oxygen atoms in total. The number of nitrogens with one attached hydrogen (secondary N) is 2. The fourth-order valence-corrected chi connectivity index (χ4v) is 2.66. The van der Waals surface area contributed by atoms with E-state index in [-0.39, 0.29) is 10.9 Å². The highest BCUT2D eigenvalue weighted by molar-refractivity contribution is 7.89. The van der Waals surface area contributed by atoms with Crippen LogP contribution in [0.3, 0.4) is 0 Å². The third-order valence-corrected chi connectivity index (χ3v) is 3.94. The standard InChI is InChI=1S/C10H19N3O2S/c1-3-4-5-6-9(2)13-16(14,15)10-7-11-12-8-10/h7-9,13H,3-6H2,1-2H3,(H,11,12). The van der Waals surface area contributed by atoms with E-state index in [2.05, 4.69) is 21.8 Å². The summed E-state index contributed by atoms with van der Waals surface area (Å²) in [5.74, 6) is 0. The summed E-state index contributed by atoms with van der Waals surface area (Å²) < 4.78 is 26.2. The second-order valence-electron chi connectivity index (χ2n) is 3.95. The Morgan fingerprint density at radius 2 is 2.25 bits per heavy atom. The molecular weight excluding hydrogens is 226 g/mol. The van der Waals surface area contributed by atoms with Crippen molar-refractivity contribution in [1.82, 2.24) is 14.9 Å². The van der Waals surface area contributed by atoms with E-state index >= 15 is 0 Å². The van der Waals surface area contributed by atoms with Gasteiger partial charge < -0.3 is 0 Å². The molecule has 16 heavy (non-hydrogen) atoms. The number of H-pyrrole nitrogens is 1. The number of rotatable bonds is 7. The Balaban J connectivity index is 2.47. The third kappa shape index (κ3) is 3.94. The van der Waals surface area contributed by atoms with Crippen LogP contribution in [-0.2, 0) is 10.0 Å². The maximum absolute atomic E-state index is 11.8. The van der Waals surface area contributed by atoms with Crippen molar-refractivity contribution in [3.05, 3.63) is 12.4 Å². The average molecular weight is 245 g/mol. The lowest BCUT2D eigenvalue weighted by atomic mass is 10.1. The molecule has 0 aliphatic heterocycles. The number of hydrogen-bond donors (Lipinski definition) is 2. The van der Waals surface area contributed by atoms with Crippen molar-refractivity contribution in [2.75, 3.05) is 0 Å². The summed E-state index contributed by atoms with van der Waals surface area (Å²) in [6.07, 6.45) is 6.87. The Hall–Kier alpha value is -0.880. The summed E-state index contributed by atoms with van der Waals surface area (Å²) in [5.41, 5.74) is 0. The molecule has 0 aliphatic rings. The minimum absolute atomic E-state index is 0.0357. The number of sulfonamides is 1. The van der Waals surface area contributed by atoms with E-state index in [4.69, 9.17) is 0 Å². The maximum Gasteiger partial charge on any atom is 0.243 e. The molecule has 1 rings (SSSR count). The van der Waals surface area contributed by atoms with Gasteiger partial charge in [0.25, 0.3) is 0 Å². The van der Waals surface area contributed by atoms with Gasteiger partial charge in [0.1, 0.15) is 4.90 Å². The van der Waals surface area contributed by atoms with Crippen LogP contribution < -0.4 is 4.72 Å². The van der Waals surface area contributed by atoms with Gasteiger partial charge in [-0.15, -0.1) is 0 Å². The molecule has 0 aromatic carbocycles. The smallest absolute Gasteiger partial charge is 0.243 e. The van der Waals surface area contributed by atoms with Crippen molar-refractivity contribution in [3.63, 3.8) is 0 Å². The van der Waals surface area contributed by atoms with Crippen LogP contribution in [-0.4, -0.2) is 24.7 Å². The molecule has 1 aromatic heterocycles. The van der Waals surface area contributed by atoms with Crippen molar-refractivity contribution in [1.29, 1.82) is 0 Å². The Bertz CT molecular complexity index is 386. The largest absolute Gasteiger partial charge is 0.284 e. The molecule has 0 aliphatic carbocycles. The Kier molecular flexibility index (Phi) is 4.95. The first kappa shape index (κ1) is 13.2. The van der Waals surface area contributed by atoms with Gasteiger partial charge in [-0.25, -0.2) is 13.1 Å². The topological polar surface area (TPSA) is 74.8 Å². The summed E-state index contributed by atoms with van der Waals surface area (Å²) in [4.78, 5) is 0.190. The van der Waals surface area contributed by atoms with Gasteiger partial charge >= 0.3 is 0 Å². The lowest BCUT2D eigenvalue weighted by molar-refractivity contribution is 0.527. The summed E-state index contributed by atoms with van der Waals surface area (Å²) in [6.45, 7) is 4.01. The van der Waals surface area contributed by atoms with E-state index < -0.39 is 10.0 Å². The number of aromatic nitrogens is 2. The van der Waals surface area contributed by atoms with Crippen LogP contribution in [0.25, 0.3) is 0 Å². The molecule has 92 valence electrons. The number of aromatic amines is 1. The first-order valence-electron chi connectivity index (χ1n) is 5.57. The molecule has 0 bridgehead atoms. The third-order valence-electron chi connectivity index (χ3n) is 2.38. The van der Waals surface area contributed by atoms with Gasteiger partial charge in [-0.1, -0.05) is 26.2 Å². The van der Waals surface area contributed by atoms with Crippen molar-refractivity contribution in [3.8, 4) is 0 Å². The molecule has 0 fully saturated rings. The van der Waals surface area contributed by atoms with Gasteiger partial charge in [-0.2, -0.15) is 5.10 Å². The van der Waals surface area contributed by atoms with Gasteiger partial charge in [0.2, 0.25) is 10.0 Å². The zero-order valence-corrected chi connectivity index (χ0v) is 10.5. The minimum atomic E-state index is -3.40. The van der Waals surface area contributed by atoms with Gasteiger partial charge in [-0.05, 0) is 13.3 Å². The van der Waals surface area contributed by atoms with Gasteiger partial charge in [0, 0.05) is 12.2 Å². The second-order valence-corrected chi connectivity index (χ2v) is 5.67. The minimum Gasteiger partial charge on any atom is -0.284 e. The number of unbranched alkanes of at least 4 members (excludes halogenated alkanes) is 2. The van der Waals surface area contributed by atoms with Gasteiger partial charge in [0.15, 0.2) is 0 Å². The molecule has 1 heterocycles. The van der Waals surface area contributed by atoms with Gasteiger partial charge in [-0.3, -0.25) is 5.10 Å². The summed E-state index contributed by atoms with van der Waals surface area (Å²) in [7, 11) is -3.40. The fraction of sp³-hybridized carbons (Fsp3) is 0.700. The molecule has 0 amide bonds. The Labute approximate surface area is 96.7 Å². The molecule has 1 atom stereocenters. The molecule has 6 heteroatoms. The molecule has 0 spiro atoms. The first-order valence-corrected chi connectivity index (χ1v) is 7.05. The van der Waals surface area contributed by atoms with Crippen LogP contribution in [0.1, 0.15) is 39.5 Å². The van der Waals surface area contributed by atoms with Crippen molar-refractivity contribution in [2.45, 2.75) is 50.5 Å². The highest BCUT2D eigenvalue weighted by Gasteiger charge is 2.17. The molecule has 1 aromatic rings. The average Bonchev–Trinajstić information content (AvgIpc) is 2.70. The van der Waals surface area contributed by atoms with Crippen molar-refractivity contribution in [2.24, 2.45) is 0 Å². The molecule has 0 radical (unpaired) electrons. The molecule has 0 saturated heterocycles. The monoisotopic (exact) mass is 245 g/mol. The summed E-state index contributed by atoms with van der Waals surface area (Å²) in [6, 6.07) is -0.0357. The second kappa shape index (κ2) is 6.00. The maximum atomic E-state index is 11.8. The molecule has 2 N–H and O–H groups in total. The van der Waals surface area contributed by atoms with Crippen LogP contribution in [0.2, 0.25) is 0 Å². The Morgan fingerprint density at radius 1 is 1.50 bits per heavy atom. The van der Waals surface area contributed by atoms with Gasteiger partial charge in [0.05, 0.1) is 6.20 Å². The van der Waals surface area contributed by atoms with E-state index in [1.54, 1.807) is 0 Å². The van der Waals surface area contributed by atoms with Crippen LogP contribution >= 0.6 is 0 Å². The van der Waals surface area contributed by atoms with Crippen LogP contribution in [0, 0.1) is 0 Å². The number of nitrogens with zero attached hydrogens (tertiary/aromatic N) is 1. The quantitative estimate of drug-likeness (QED) is 0.717. The zero-order valence-electron chi connectivity index (χ0n) is 9.73. The molecular formula is C10H19N3O2S. The predicted octanol–water partition coefficient (Wildman–Crippen LogP) is 1.66. The van der Waals surface area contributed by atoms with E-state index in [1.165, 1.54) is 12.4 Å². The van der Waals surface area contributed by atoms with Crippen molar-refractivity contribution >= 4 is 10.0 Å². The van der Waals surface area contributed by atoms with Crippen LogP contribution in [0.5, 0.6) is 0 Å². The zero-order chi connectivity index (χ0) is 12.0. The van der Waals surface area contributed by atoms with E-state index in [0.29, 0.717) is 0 Å². The fourth-order valence-electron chi connectivity index (χ4n) is 1.48. The highest BCUT2D eigenvalue weighted by atomic mass is 32.2. The van der Waals surface area contributed by atoms with Crippen LogP contribution in [0.4, 0.5) is 0 Å². The number of hydrogen-bond acceptors (Lipinski definition) is 3. The van der Waals surface area contributed by atoms with E-state index in [1.807, 2.05) is 6.92 Å². The normalized spacial score (nSPS) is 13.9. The first-order chi connectivity index (χ1) is 7.56. The molecule has 1 unspecified atom stereocenters. The predicted molar refractivity (Wildman–Crippen MR) is 62.5 cm³/mol. The lowest BCUT2D eigenvalue weighted by Crippen LogP contribution is -2.32. The van der Waals surface area contributed by atoms with E-state index in [0.717, 1.165) is 25.7 Å². The van der Waals surface area contributed by atoms with Crippen molar-refractivity contribution < 1.29 is 8.42 Å². The summed E-state index contributed by atoms with van der Waals surface area (Å²) in [5, 5.41) is 6.12.